The Kier molecular flexibility index (Phi) is 7.17. The molecule has 3 rings (SSSR count). The van der Waals surface area contributed by atoms with Gasteiger partial charge in [-0.2, -0.15) is 0 Å². The van der Waals surface area contributed by atoms with Gasteiger partial charge >= 0.3 is 0 Å². The van der Waals surface area contributed by atoms with E-state index in [1.54, 1.807) is 48.5 Å². The van der Waals surface area contributed by atoms with E-state index in [0.29, 0.717) is 28.7 Å². The molecule has 0 radical (unpaired) electrons. The summed E-state index contributed by atoms with van der Waals surface area (Å²) in [5.41, 5.74) is 1.20. The standard InChI is InChI=1S/C24H23NO7/c1-15(26)5-6-16-7-9-17(10-8-16)31-22-12-11-19(32-22)24(27)25-23-20(29-3)13-18(28-2)14-21(23)30-4/h5-14H,1-4H3,(H,25,27)/b6-5+. The number of rotatable bonds is 9. The second-order valence-corrected chi connectivity index (χ2v) is 6.59. The van der Waals surface area contributed by atoms with Crippen LogP contribution in [0.3, 0.4) is 0 Å². The first kappa shape index (κ1) is 22.5. The third-order valence-corrected chi connectivity index (χ3v) is 4.37. The Balaban J connectivity index is 1.72. The molecule has 0 spiro atoms. The summed E-state index contributed by atoms with van der Waals surface area (Å²) in [6.07, 6.45) is 3.20. The summed E-state index contributed by atoms with van der Waals surface area (Å²) >= 11 is 0. The number of hydrogen-bond donors (Lipinski definition) is 1. The fourth-order valence-electron chi connectivity index (χ4n) is 2.78. The highest BCUT2D eigenvalue weighted by Gasteiger charge is 2.19. The molecule has 0 aliphatic carbocycles. The Morgan fingerprint density at radius 3 is 2.09 bits per heavy atom. The lowest BCUT2D eigenvalue weighted by molar-refractivity contribution is -0.112. The monoisotopic (exact) mass is 437 g/mol. The van der Waals surface area contributed by atoms with Crippen LogP contribution in [-0.4, -0.2) is 33.0 Å². The summed E-state index contributed by atoms with van der Waals surface area (Å²) in [7, 11) is 4.47. The number of furan rings is 1. The van der Waals surface area contributed by atoms with Crippen molar-refractivity contribution in [3.05, 3.63) is 65.9 Å². The van der Waals surface area contributed by atoms with E-state index in [-0.39, 0.29) is 17.5 Å². The molecule has 1 amide bonds. The number of ether oxygens (including phenoxy) is 4. The van der Waals surface area contributed by atoms with E-state index in [0.717, 1.165) is 5.56 Å². The Hall–Kier alpha value is -4.20. The maximum absolute atomic E-state index is 12.7. The molecule has 8 heteroatoms. The topological polar surface area (TPSA) is 96.2 Å². The molecule has 166 valence electrons. The molecule has 0 aliphatic rings. The Morgan fingerprint density at radius 2 is 1.53 bits per heavy atom. The summed E-state index contributed by atoms with van der Waals surface area (Å²) in [4.78, 5) is 23.7. The zero-order chi connectivity index (χ0) is 23.1. The van der Waals surface area contributed by atoms with Gasteiger partial charge in [-0.3, -0.25) is 9.59 Å². The van der Waals surface area contributed by atoms with E-state index in [1.165, 1.54) is 40.4 Å². The molecule has 0 atom stereocenters. The van der Waals surface area contributed by atoms with Crippen molar-refractivity contribution in [3.63, 3.8) is 0 Å². The molecule has 0 unspecified atom stereocenters. The van der Waals surface area contributed by atoms with E-state index in [4.69, 9.17) is 23.4 Å². The highest BCUT2D eigenvalue weighted by Crippen LogP contribution is 2.39. The molecule has 8 nitrogen and oxygen atoms in total. The van der Waals surface area contributed by atoms with E-state index >= 15 is 0 Å². The molecule has 1 aromatic heterocycles. The van der Waals surface area contributed by atoms with Crippen LogP contribution >= 0.6 is 0 Å². The van der Waals surface area contributed by atoms with Gasteiger partial charge in [-0.15, -0.1) is 0 Å². The first-order chi connectivity index (χ1) is 15.4. The predicted molar refractivity (Wildman–Crippen MR) is 119 cm³/mol. The van der Waals surface area contributed by atoms with E-state index in [9.17, 15) is 9.59 Å². The summed E-state index contributed by atoms with van der Waals surface area (Å²) in [6, 6.07) is 13.4. The van der Waals surface area contributed by atoms with E-state index in [2.05, 4.69) is 5.32 Å². The average Bonchev–Trinajstić information content (AvgIpc) is 3.27. The lowest BCUT2D eigenvalue weighted by Gasteiger charge is -2.15. The lowest BCUT2D eigenvalue weighted by atomic mass is 10.2. The second kappa shape index (κ2) is 10.2. The molecule has 3 aromatic rings. The normalized spacial score (nSPS) is 10.6. The van der Waals surface area contributed by atoms with Crippen molar-refractivity contribution in [2.75, 3.05) is 26.6 Å². The van der Waals surface area contributed by atoms with Gasteiger partial charge in [0.15, 0.2) is 11.5 Å². The largest absolute Gasteiger partial charge is 0.496 e. The number of carbonyl (C=O) groups is 2. The summed E-state index contributed by atoms with van der Waals surface area (Å²) in [5, 5.41) is 2.73. The number of allylic oxidation sites excluding steroid dienone is 1. The van der Waals surface area contributed by atoms with Crippen LogP contribution in [0.1, 0.15) is 23.0 Å². The lowest BCUT2D eigenvalue weighted by Crippen LogP contribution is -2.13. The Morgan fingerprint density at radius 1 is 0.875 bits per heavy atom. The molecular formula is C24H23NO7. The number of hydrogen-bond acceptors (Lipinski definition) is 7. The zero-order valence-corrected chi connectivity index (χ0v) is 18.1. The van der Waals surface area contributed by atoms with Gasteiger partial charge in [0.1, 0.15) is 28.7 Å². The summed E-state index contributed by atoms with van der Waals surface area (Å²) < 4.78 is 27.1. The smallest absolute Gasteiger partial charge is 0.291 e. The van der Waals surface area contributed by atoms with Crippen molar-refractivity contribution in [2.24, 2.45) is 0 Å². The third kappa shape index (κ3) is 5.48. The minimum atomic E-state index is -0.508. The van der Waals surface area contributed by atoms with Crippen molar-refractivity contribution < 1.29 is 33.0 Å². The zero-order valence-electron chi connectivity index (χ0n) is 18.1. The predicted octanol–water partition coefficient (Wildman–Crippen LogP) is 4.95. The average molecular weight is 437 g/mol. The number of ketones is 1. The SMILES string of the molecule is COc1cc(OC)c(NC(=O)c2ccc(Oc3ccc(/C=C/C(C)=O)cc3)o2)c(OC)c1. The van der Waals surface area contributed by atoms with Crippen LogP contribution in [0.5, 0.6) is 28.9 Å². The first-order valence-electron chi connectivity index (χ1n) is 9.61. The van der Waals surface area contributed by atoms with Crippen LogP contribution in [0, 0.1) is 0 Å². The molecule has 0 bridgehead atoms. The highest BCUT2D eigenvalue weighted by atomic mass is 16.6. The van der Waals surface area contributed by atoms with Gasteiger partial charge in [0.05, 0.1) is 21.3 Å². The van der Waals surface area contributed by atoms with Crippen LogP contribution in [-0.2, 0) is 4.79 Å². The van der Waals surface area contributed by atoms with Crippen molar-refractivity contribution in [2.45, 2.75) is 6.92 Å². The Labute approximate surface area is 185 Å². The Bertz CT molecular complexity index is 1100. The van der Waals surface area contributed by atoms with Crippen molar-refractivity contribution >= 4 is 23.5 Å². The quantitative estimate of drug-likeness (QED) is 0.473. The van der Waals surface area contributed by atoms with Crippen molar-refractivity contribution in [1.82, 2.24) is 0 Å². The van der Waals surface area contributed by atoms with Crippen LogP contribution in [0.25, 0.3) is 6.08 Å². The number of amides is 1. The van der Waals surface area contributed by atoms with E-state index < -0.39 is 5.91 Å². The maximum Gasteiger partial charge on any atom is 0.291 e. The fraction of sp³-hybridized carbons (Fsp3) is 0.167. The van der Waals surface area contributed by atoms with Crippen molar-refractivity contribution in [1.29, 1.82) is 0 Å². The van der Waals surface area contributed by atoms with Crippen molar-refractivity contribution in [3.8, 4) is 28.9 Å². The molecule has 1 N–H and O–H groups in total. The minimum absolute atomic E-state index is 0.0309. The van der Waals surface area contributed by atoms with Crippen LogP contribution in [0.2, 0.25) is 0 Å². The minimum Gasteiger partial charge on any atom is -0.496 e. The van der Waals surface area contributed by atoms with Gasteiger partial charge in [0, 0.05) is 18.2 Å². The summed E-state index contributed by atoms with van der Waals surface area (Å²) in [5.74, 6) is 1.44. The first-order valence-corrected chi connectivity index (χ1v) is 9.61. The highest BCUT2D eigenvalue weighted by molar-refractivity contribution is 6.04. The molecule has 0 saturated heterocycles. The maximum atomic E-state index is 12.7. The van der Waals surface area contributed by atoms with Gasteiger partial charge in [0.25, 0.3) is 11.9 Å². The summed E-state index contributed by atoms with van der Waals surface area (Å²) in [6.45, 7) is 1.49. The third-order valence-electron chi connectivity index (χ3n) is 4.37. The van der Waals surface area contributed by atoms with E-state index in [1.807, 2.05) is 0 Å². The molecule has 1 heterocycles. The number of nitrogens with one attached hydrogen (secondary N) is 1. The van der Waals surface area contributed by atoms with Gasteiger partial charge in [0.2, 0.25) is 0 Å². The van der Waals surface area contributed by atoms with Crippen LogP contribution in [0.4, 0.5) is 5.69 Å². The van der Waals surface area contributed by atoms with Gasteiger partial charge < -0.3 is 28.7 Å². The van der Waals surface area contributed by atoms with Gasteiger partial charge in [-0.1, -0.05) is 18.2 Å². The number of anilines is 1. The van der Waals surface area contributed by atoms with Gasteiger partial charge in [-0.05, 0) is 36.8 Å². The molecule has 0 fully saturated rings. The number of carbonyl (C=O) groups excluding carboxylic acids is 2. The second-order valence-electron chi connectivity index (χ2n) is 6.59. The molecule has 0 aliphatic heterocycles. The van der Waals surface area contributed by atoms with Crippen LogP contribution < -0.4 is 24.3 Å². The molecule has 0 saturated carbocycles. The van der Waals surface area contributed by atoms with Crippen LogP contribution in [0.15, 0.2) is 59.0 Å². The number of methoxy groups -OCH3 is 3. The molecular weight excluding hydrogens is 414 g/mol. The molecule has 32 heavy (non-hydrogen) atoms. The molecule has 2 aromatic carbocycles. The fourth-order valence-corrected chi connectivity index (χ4v) is 2.78. The van der Waals surface area contributed by atoms with Gasteiger partial charge in [-0.25, -0.2) is 0 Å². The number of benzene rings is 2.